The summed E-state index contributed by atoms with van der Waals surface area (Å²) in [5.41, 5.74) is 1.05. The molecule has 0 bridgehead atoms. The summed E-state index contributed by atoms with van der Waals surface area (Å²) in [6.07, 6.45) is 6.03. The van der Waals surface area contributed by atoms with Crippen molar-refractivity contribution in [1.29, 1.82) is 0 Å². The van der Waals surface area contributed by atoms with Crippen molar-refractivity contribution >= 4 is 10.8 Å². The van der Waals surface area contributed by atoms with Gasteiger partial charge >= 0.3 is 0 Å². The van der Waals surface area contributed by atoms with Crippen LogP contribution >= 0.6 is 0 Å². The van der Waals surface area contributed by atoms with Crippen molar-refractivity contribution in [2.24, 2.45) is 5.92 Å². The Morgan fingerprint density at radius 3 is 2.09 bits per heavy atom. The Hall–Kier alpha value is -2.94. The molecular formula is C29H26F6. The molecule has 3 aromatic carbocycles. The third-order valence-corrected chi connectivity index (χ3v) is 6.79. The highest BCUT2D eigenvalue weighted by Gasteiger charge is 2.26. The van der Waals surface area contributed by atoms with Gasteiger partial charge in [0.15, 0.2) is 17.5 Å². The van der Waals surface area contributed by atoms with Crippen LogP contribution in [0.25, 0.3) is 10.8 Å². The Balaban J connectivity index is 1.45. The van der Waals surface area contributed by atoms with Crippen LogP contribution in [0.15, 0.2) is 30.3 Å². The van der Waals surface area contributed by atoms with Gasteiger partial charge in [0.2, 0.25) is 0 Å². The van der Waals surface area contributed by atoms with Gasteiger partial charge in [-0.05, 0) is 85.7 Å². The normalized spacial score (nSPS) is 17.9. The zero-order valence-corrected chi connectivity index (χ0v) is 19.5. The molecule has 35 heavy (non-hydrogen) atoms. The van der Waals surface area contributed by atoms with Gasteiger partial charge < -0.3 is 0 Å². The van der Waals surface area contributed by atoms with E-state index in [1.807, 2.05) is 0 Å². The van der Waals surface area contributed by atoms with Crippen LogP contribution in [0.4, 0.5) is 26.3 Å². The van der Waals surface area contributed by atoms with Gasteiger partial charge in [-0.1, -0.05) is 31.6 Å². The molecule has 184 valence electrons. The Morgan fingerprint density at radius 2 is 1.43 bits per heavy atom. The van der Waals surface area contributed by atoms with Crippen LogP contribution in [0, 0.1) is 52.7 Å². The highest BCUT2D eigenvalue weighted by atomic mass is 19.2. The summed E-state index contributed by atoms with van der Waals surface area (Å²) in [5, 5.41) is -0.728. The predicted molar refractivity (Wildman–Crippen MR) is 125 cm³/mol. The lowest BCUT2D eigenvalue weighted by Crippen LogP contribution is -2.15. The minimum atomic E-state index is -1.72. The first-order valence-corrected chi connectivity index (χ1v) is 12.0. The number of rotatable bonds is 5. The Kier molecular flexibility index (Phi) is 7.74. The number of aryl methyl sites for hydroxylation is 1. The zero-order chi connectivity index (χ0) is 25.1. The first-order chi connectivity index (χ1) is 16.8. The van der Waals surface area contributed by atoms with Gasteiger partial charge in [0.05, 0.1) is 5.39 Å². The van der Waals surface area contributed by atoms with Crippen LogP contribution < -0.4 is 0 Å². The quantitative estimate of drug-likeness (QED) is 0.146. The molecule has 1 saturated carbocycles. The molecule has 0 atom stereocenters. The van der Waals surface area contributed by atoms with E-state index < -0.39 is 40.3 Å². The fourth-order valence-electron chi connectivity index (χ4n) is 4.92. The number of fused-ring (bicyclic) bond motifs is 1. The average Bonchev–Trinajstić information content (AvgIpc) is 2.81. The van der Waals surface area contributed by atoms with Gasteiger partial charge in [-0.15, -0.1) is 0 Å². The third-order valence-electron chi connectivity index (χ3n) is 6.79. The standard InChI is InChI=1S/C29H26F6/c1-2-3-4-5-18-13-22(30)26(23(31)14-18)20-10-8-17(9-11-20)6-7-19-12-21-16-25(33)28(34)29(35)27(21)24(32)15-19/h12-17,20H,2-5,8-11H2,1H3. The highest BCUT2D eigenvalue weighted by molar-refractivity contribution is 5.85. The molecule has 0 radical (unpaired) electrons. The van der Waals surface area contributed by atoms with Gasteiger partial charge in [-0.3, -0.25) is 0 Å². The minimum Gasteiger partial charge on any atom is -0.207 e. The molecule has 0 aliphatic heterocycles. The van der Waals surface area contributed by atoms with Crippen molar-refractivity contribution in [1.82, 2.24) is 0 Å². The van der Waals surface area contributed by atoms with E-state index in [4.69, 9.17) is 0 Å². The van der Waals surface area contributed by atoms with Crippen LogP contribution in [0.1, 0.15) is 74.5 Å². The summed E-state index contributed by atoms with van der Waals surface area (Å²) in [6, 6.07) is 5.95. The minimum absolute atomic E-state index is 0.0499. The maximum Gasteiger partial charge on any atom is 0.195 e. The largest absolute Gasteiger partial charge is 0.207 e. The first-order valence-electron chi connectivity index (χ1n) is 12.0. The Bertz CT molecular complexity index is 1270. The van der Waals surface area contributed by atoms with Gasteiger partial charge in [-0.25, -0.2) is 26.3 Å². The van der Waals surface area contributed by atoms with Gasteiger partial charge in [0, 0.05) is 17.0 Å². The second-order valence-corrected chi connectivity index (χ2v) is 9.29. The molecular weight excluding hydrogens is 462 g/mol. The number of benzene rings is 3. The number of hydrogen-bond acceptors (Lipinski definition) is 0. The van der Waals surface area contributed by atoms with Crippen molar-refractivity contribution < 1.29 is 26.3 Å². The van der Waals surface area contributed by atoms with E-state index in [-0.39, 0.29) is 28.3 Å². The Morgan fingerprint density at radius 1 is 0.743 bits per heavy atom. The van der Waals surface area contributed by atoms with Crippen molar-refractivity contribution in [3.05, 3.63) is 81.9 Å². The van der Waals surface area contributed by atoms with E-state index in [1.165, 1.54) is 18.2 Å². The third kappa shape index (κ3) is 5.50. The van der Waals surface area contributed by atoms with Gasteiger partial charge in [-0.2, -0.15) is 0 Å². The molecule has 0 unspecified atom stereocenters. The summed E-state index contributed by atoms with van der Waals surface area (Å²) >= 11 is 0. The molecule has 0 N–H and O–H groups in total. The van der Waals surface area contributed by atoms with E-state index in [0.717, 1.165) is 31.4 Å². The molecule has 1 fully saturated rings. The van der Waals surface area contributed by atoms with Gasteiger partial charge in [0.25, 0.3) is 0 Å². The summed E-state index contributed by atoms with van der Waals surface area (Å²) in [5.74, 6) is -1.08. The smallest absolute Gasteiger partial charge is 0.195 e. The van der Waals surface area contributed by atoms with Crippen molar-refractivity contribution in [3.63, 3.8) is 0 Å². The molecule has 1 aliphatic carbocycles. The van der Waals surface area contributed by atoms with Crippen molar-refractivity contribution in [2.45, 2.75) is 64.2 Å². The maximum atomic E-state index is 14.7. The lowest BCUT2D eigenvalue weighted by Gasteiger charge is -2.26. The zero-order valence-electron chi connectivity index (χ0n) is 19.5. The van der Waals surface area contributed by atoms with Crippen LogP contribution in [0.2, 0.25) is 0 Å². The molecule has 0 aromatic heterocycles. The van der Waals surface area contributed by atoms with Crippen LogP contribution in [0.5, 0.6) is 0 Å². The van der Waals surface area contributed by atoms with Crippen molar-refractivity contribution in [2.75, 3.05) is 0 Å². The Labute approximate surface area is 201 Å². The second kappa shape index (κ2) is 10.8. The topological polar surface area (TPSA) is 0 Å². The molecule has 6 heteroatoms. The van der Waals surface area contributed by atoms with E-state index in [2.05, 4.69) is 18.8 Å². The lowest BCUT2D eigenvalue weighted by atomic mass is 9.78. The molecule has 0 heterocycles. The van der Waals surface area contributed by atoms with Crippen molar-refractivity contribution in [3.8, 4) is 11.8 Å². The molecule has 3 aromatic rings. The van der Waals surface area contributed by atoms with E-state index in [1.54, 1.807) is 0 Å². The van der Waals surface area contributed by atoms with Gasteiger partial charge in [0.1, 0.15) is 17.5 Å². The molecule has 0 amide bonds. The highest BCUT2D eigenvalue weighted by Crippen LogP contribution is 2.38. The average molecular weight is 489 g/mol. The molecule has 1 aliphatic rings. The molecule has 0 spiro atoms. The fraction of sp³-hybridized carbons (Fsp3) is 0.379. The van der Waals surface area contributed by atoms with Crippen LogP contribution in [-0.2, 0) is 6.42 Å². The maximum absolute atomic E-state index is 14.7. The summed E-state index contributed by atoms with van der Waals surface area (Å²) in [7, 11) is 0. The number of unbranched alkanes of at least 4 members (excludes halogenated alkanes) is 2. The monoisotopic (exact) mass is 488 g/mol. The number of hydrogen-bond donors (Lipinski definition) is 0. The van der Waals surface area contributed by atoms with E-state index >= 15 is 0 Å². The summed E-state index contributed by atoms with van der Waals surface area (Å²) in [6.45, 7) is 2.08. The van der Waals surface area contributed by atoms with E-state index in [0.29, 0.717) is 37.7 Å². The summed E-state index contributed by atoms with van der Waals surface area (Å²) < 4.78 is 84.7. The SMILES string of the molecule is CCCCCc1cc(F)c(C2CCC(C#Cc3cc(F)c4c(F)c(F)c(F)cc4c3)CC2)c(F)c1. The van der Waals surface area contributed by atoms with Crippen LogP contribution in [-0.4, -0.2) is 0 Å². The first kappa shape index (κ1) is 25.2. The molecule has 0 nitrogen and oxygen atoms in total. The number of halogens is 6. The molecule has 4 rings (SSSR count). The lowest BCUT2D eigenvalue weighted by molar-refractivity contribution is 0.366. The fourth-order valence-corrected chi connectivity index (χ4v) is 4.92. The van der Waals surface area contributed by atoms with Crippen LogP contribution in [0.3, 0.4) is 0 Å². The predicted octanol–water partition coefficient (Wildman–Crippen LogP) is 8.73. The second-order valence-electron chi connectivity index (χ2n) is 9.29. The van der Waals surface area contributed by atoms with E-state index in [9.17, 15) is 26.3 Å². The summed E-state index contributed by atoms with van der Waals surface area (Å²) in [4.78, 5) is 0. The molecule has 0 saturated heterocycles.